The molecule has 4 nitrogen and oxygen atoms in total. The number of para-hydroxylation sites is 1. The van der Waals surface area contributed by atoms with E-state index in [9.17, 15) is 0 Å². The summed E-state index contributed by atoms with van der Waals surface area (Å²) in [7, 11) is 0. The second-order valence-electron chi connectivity index (χ2n) is 15.7. The summed E-state index contributed by atoms with van der Waals surface area (Å²) in [4.78, 5) is 15.4. The molecule has 0 amide bonds. The first-order valence-corrected chi connectivity index (χ1v) is 21.7. The minimum atomic E-state index is 0.616. The lowest BCUT2D eigenvalue weighted by Crippen LogP contribution is -2.00. The van der Waals surface area contributed by atoms with Crippen molar-refractivity contribution in [2.24, 2.45) is 0 Å². The van der Waals surface area contributed by atoms with Gasteiger partial charge in [0.2, 0.25) is 0 Å². The van der Waals surface area contributed by atoms with E-state index in [1.165, 1.54) is 42.0 Å². The van der Waals surface area contributed by atoms with Crippen molar-refractivity contribution in [1.29, 1.82) is 0 Å². The molecule has 0 bridgehead atoms. The first-order valence-electron chi connectivity index (χ1n) is 20.8. The Bertz CT molecular complexity index is 3560. The van der Waals surface area contributed by atoms with Crippen LogP contribution in [0.5, 0.6) is 0 Å². The van der Waals surface area contributed by atoms with E-state index < -0.39 is 0 Å². The summed E-state index contributed by atoms with van der Waals surface area (Å²) in [5.41, 5.74) is 12.9. The van der Waals surface area contributed by atoms with E-state index in [0.717, 1.165) is 55.8 Å². The Morgan fingerprint density at radius 2 is 0.710 bits per heavy atom. The molecule has 0 N–H and O–H groups in total. The molecule has 0 saturated heterocycles. The first kappa shape index (κ1) is 35.9. The highest BCUT2D eigenvalue weighted by molar-refractivity contribution is 7.25. The number of rotatable bonds is 7. The van der Waals surface area contributed by atoms with Gasteiger partial charge in [-0.2, -0.15) is 0 Å². The zero-order valence-electron chi connectivity index (χ0n) is 33.5. The Balaban J connectivity index is 1.12. The first-order chi connectivity index (χ1) is 30.7. The summed E-state index contributed by atoms with van der Waals surface area (Å²) in [6.45, 7) is 0. The lowest BCUT2D eigenvalue weighted by Gasteiger charge is -2.16. The van der Waals surface area contributed by atoms with Crippen LogP contribution in [0.4, 0.5) is 0 Å². The molecular weight excluding hydrogens is 773 g/mol. The summed E-state index contributed by atoms with van der Waals surface area (Å²) in [6, 6.07) is 77.7. The molecule has 0 aliphatic carbocycles. The number of nitrogens with zero attached hydrogens (tertiary/aromatic N) is 4. The summed E-state index contributed by atoms with van der Waals surface area (Å²) in [6.07, 6.45) is 0. The van der Waals surface area contributed by atoms with Gasteiger partial charge in [-0.3, -0.25) is 0 Å². The fraction of sp³-hybridized carbons (Fsp3) is 0. The fourth-order valence-corrected chi connectivity index (χ4v) is 9.95. The Hall–Kier alpha value is -7.99. The molecule has 3 aromatic heterocycles. The van der Waals surface area contributed by atoms with Crippen molar-refractivity contribution in [2.75, 3.05) is 0 Å². The van der Waals surface area contributed by atoms with Crippen LogP contribution in [0.25, 0.3) is 115 Å². The molecule has 62 heavy (non-hydrogen) atoms. The largest absolute Gasteiger partial charge is 0.309 e. The average molecular weight is 809 g/mol. The summed E-state index contributed by atoms with van der Waals surface area (Å²) >= 11 is 1.86. The Morgan fingerprint density at radius 1 is 0.274 bits per heavy atom. The van der Waals surface area contributed by atoms with Gasteiger partial charge >= 0.3 is 0 Å². The number of hydrogen-bond donors (Lipinski definition) is 0. The van der Waals surface area contributed by atoms with Crippen molar-refractivity contribution in [2.45, 2.75) is 0 Å². The van der Waals surface area contributed by atoms with Crippen LogP contribution in [0.2, 0.25) is 0 Å². The summed E-state index contributed by atoms with van der Waals surface area (Å²) < 4.78 is 5.06. The van der Waals surface area contributed by atoms with Gasteiger partial charge in [-0.15, -0.1) is 11.3 Å². The Kier molecular flexibility index (Phi) is 8.65. The van der Waals surface area contributed by atoms with Crippen LogP contribution in [0.1, 0.15) is 0 Å². The molecule has 12 rings (SSSR count). The van der Waals surface area contributed by atoms with Gasteiger partial charge in [-0.25, -0.2) is 15.0 Å². The van der Waals surface area contributed by atoms with Gasteiger partial charge in [0.25, 0.3) is 0 Å². The van der Waals surface area contributed by atoms with Crippen LogP contribution in [0, 0.1) is 0 Å². The third-order valence-electron chi connectivity index (χ3n) is 11.8. The molecule has 9 aromatic carbocycles. The molecule has 5 heteroatoms. The Morgan fingerprint density at radius 3 is 1.31 bits per heavy atom. The highest BCUT2D eigenvalue weighted by atomic mass is 32.1. The highest BCUT2D eigenvalue weighted by Crippen LogP contribution is 2.42. The molecule has 0 aliphatic heterocycles. The predicted octanol–water partition coefficient (Wildman–Crippen LogP) is 15.3. The third kappa shape index (κ3) is 6.35. The van der Waals surface area contributed by atoms with Crippen molar-refractivity contribution < 1.29 is 0 Å². The quantitative estimate of drug-likeness (QED) is 0.161. The molecular formula is C57H36N4S. The van der Waals surface area contributed by atoms with Crippen molar-refractivity contribution in [3.05, 3.63) is 218 Å². The molecule has 0 aliphatic rings. The van der Waals surface area contributed by atoms with Gasteiger partial charge in [0, 0.05) is 53.3 Å². The van der Waals surface area contributed by atoms with E-state index in [1.807, 2.05) is 47.7 Å². The average Bonchev–Trinajstić information content (AvgIpc) is 3.88. The number of fused-ring (bicyclic) bond motifs is 6. The lowest BCUT2D eigenvalue weighted by atomic mass is 9.93. The zero-order valence-corrected chi connectivity index (χ0v) is 34.3. The summed E-state index contributed by atoms with van der Waals surface area (Å²) in [5, 5.41) is 5.06. The number of benzene rings is 9. The molecule has 0 unspecified atom stereocenters. The summed E-state index contributed by atoms with van der Waals surface area (Å²) in [5.74, 6) is 1.88. The number of hydrogen-bond acceptors (Lipinski definition) is 4. The molecule has 0 fully saturated rings. The van der Waals surface area contributed by atoms with Crippen molar-refractivity contribution in [3.8, 4) is 73.2 Å². The predicted molar refractivity (Wildman–Crippen MR) is 260 cm³/mol. The fourth-order valence-electron chi connectivity index (χ4n) is 8.83. The van der Waals surface area contributed by atoms with E-state index in [4.69, 9.17) is 15.0 Å². The monoisotopic (exact) mass is 808 g/mol. The minimum absolute atomic E-state index is 0.616. The van der Waals surface area contributed by atoms with E-state index in [-0.39, 0.29) is 0 Å². The van der Waals surface area contributed by atoms with Crippen LogP contribution in [-0.4, -0.2) is 19.5 Å². The van der Waals surface area contributed by atoms with Crippen molar-refractivity contribution >= 4 is 53.3 Å². The maximum absolute atomic E-state index is 5.18. The van der Waals surface area contributed by atoms with Gasteiger partial charge in [0.15, 0.2) is 17.5 Å². The maximum atomic E-state index is 5.18. The van der Waals surface area contributed by atoms with E-state index in [0.29, 0.717) is 17.5 Å². The van der Waals surface area contributed by atoms with Crippen molar-refractivity contribution in [1.82, 2.24) is 19.5 Å². The molecule has 0 spiro atoms. The third-order valence-corrected chi connectivity index (χ3v) is 12.9. The Labute approximate surface area is 362 Å². The molecule has 0 atom stereocenters. The lowest BCUT2D eigenvalue weighted by molar-refractivity contribution is 1.07. The zero-order chi connectivity index (χ0) is 41.0. The highest BCUT2D eigenvalue weighted by Gasteiger charge is 2.19. The molecule has 290 valence electrons. The van der Waals surface area contributed by atoms with E-state index in [1.54, 1.807) is 0 Å². The second kappa shape index (κ2) is 14.9. The molecule has 3 heterocycles. The topological polar surface area (TPSA) is 43.6 Å². The second-order valence-corrected chi connectivity index (χ2v) is 16.7. The number of thiophene rings is 1. The molecule has 0 saturated carbocycles. The van der Waals surface area contributed by atoms with Crippen LogP contribution < -0.4 is 0 Å². The van der Waals surface area contributed by atoms with Gasteiger partial charge < -0.3 is 4.57 Å². The van der Waals surface area contributed by atoms with Crippen LogP contribution in [0.15, 0.2) is 218 Å². The van der Waals surface area contributed by atoms with Gasteiger partial charge in [-0.05, 0) is 94.0 Å². The van der Waals surface area contributed by atoms with Gasteiger partial charge in [0.05, 0.1) is 11.0 Å². The van der Waals surface area contributed by atoms with Crippen LogP contribution in [0.3, 0.4) is 0 Å². The maximum Gasteiger partial charge on any atom is 0.164 e. The van der Waals surface area contributed by atoms with Gasteiger partial charge in [-0.1, -0.05) is 158 Å². The van der Waals surface area contributed by atoms with E-state index >= 15 is 0 Å². The van der Waals surface area contributed by atoms with Crippen LogP contribution >= 0.6 is 11.3 Å². The van der Waals surface area contributed by atoms with Crippen LogP contribution in [-0.2, 0) is 0 Å². The SMILES string of the molecule is c1ccc(-c2cc(-c3cc(-c4ccccc4)cc(-n4c5ccccc5c5cc6sc7ccccc7c6cc54)c3)cc(-c3nc(-c4ccccc4)nc(-c4ccccc4)n3)c2)cc1. The van der Waals surface area contributed by atoms with Crippen molar-refractivity contribution in [3.63, 3.8) is 0 Å². The molecule has 0 radical (unpaired) electrons. The molecule has 12 aromatic rings. The number of aromatic nitrogens is 4. The smallest absolute Gasteiger partial charge is 0.164 e. The minimum Gasteiger partial charge on any atom is -0.309 e. The normalized spacial score (nSPS) is 11.5. The van der Waals surface area contributed by atoms with Gasteiger partial charge in [0.1, 0.15) is 0 Å². The van der Waals surface area contributed by atoms with E-state index in [2.05, 4.69) is 187 Å². The standard InChI is InChI=1S/C57H36N4S/c1-5-17-37(18-6-1)41-29-42(32-45(31-41)57-59-55(39-21-9-3-10-22-39)58-56(60-57)40-23-11-4-12-24-40)44-30-43(38-19-7-2-8-20-38)33-46(34-44)61-51-27-15-13-25-47(51)49-36-54-50(35-52(49)61)48-26-14-16-28-53(48)62-54/h1-36H.